The van der Waals surface area contributed by atoms with Crippen LogP contribution in [0.15, 0.2) is 24.3 Å². The van der Waals surface area contributed by atoms with E-state index in [1.54, 1.807) is 25.1 Å². The minimum absolute atomic E-state index is 0.0592. The first kappa shape index (κ1) is 18.4. The number of hydrogen-bond donors (Lipinski definition) is 2. The number of carbonyl (C=O) groups excluding carboxylic acids is 1. The van der Waals surface area contributed by atoms with Crippen LogP contribution in [0.2, 0.25) is 0 Å². The van der Waals surface area contributed by atoms with E-state index < -0.39 is 10.9 Å². The summed E-state index contributed by atoms with van der Waals surface area (Å²) in [6.45, 7) is 3.50. The Morgan fingerprint density at radius 3 is 2.61 bits per heavy atom. The summed E-state index contributed by atoms with van der Waals surface area (Å²) in [5.41, 5.74) is 0.267. The monoisotopic (exact) mass is 323 g/mol. The predicted molar refractivity (Wildman–Crippen MR) is 85.3 cm³/mol. The summed E-state index contributed by atoms with van der Waals surface area (Å²) >= 11 is 0. The van der Waals surface area contributed by atoms with Crippen molar-refractivity contribution in [3.05, 3.63) is 34.4 Å². The average Bonchev–Trinajstić information content (AvgIpc) is 2.51. The molecule has 0 saturated heterocycles. The molecular formula is C15H21N3O5. The minimum atomic E-state index is -1.06. The molecule has 0 saturated carbocycles. The zero-order valence-corrected chi connectivity index (χ0v) is 13.2. The number of rotatable bonds is 9. The fraction of sp³-hybridized carbons (Fsp3) is 0.467. The molecule has 2 N–H and O–H groups in total. The number of nitro groups is 1. The summed E-state index contributed by atoms with van der Waals surface area (Å²) in [6, 6.07) is 5.98. The van der Waals surface area contributed by atoms with Gasteiger partial charge in [0.2, 0.25) is 5.91 Å². The van der Waals surface area contributed by atoms with E-state index in [4.69, 9.17) is 5.11 Å². The van der Waals surface area contributed by atoms with Gasteiger partial charge in [-0.25, -0.2) is 0 Å². The van der Waals surface area contributed by atoms with E-state index >= 15 is 0 Å². The number of carboxylic acid groups (broad SMARTS) is 1. The third-order valence-corrected chi connectivity index (χ3v) is 3.50. The second-order valence-electron chi connectivity index (χ2n) is 5.12. The summed E-state index contributed by atoms with van der Waals surface area (Å²) < 4.78 is 0. The van der Waals surface area contributed by atoms with E-state index in [0.717, 1.165) is 0 Å². The van der Waals surface area contributed by atoms with Gasteiger partial charge in [0, 0.05) is 25.1 Å². The van der Waals surface area contributed by atoms with Gasteiger partial charge in [-0.1, -0.05) is 19.1 Å². The molecule has 0 radical (unpaired) electrons. The van der Waals surface area contributed by atoms with Gasteiger partial charge in [-0.05, 0) is 19.4 Å². The van der Waals surface area contributed by atoms with Gasteiger partial charge in [0.05, 0.1) is 4.92 Å². The van der Waals surface area contributed by atoms with Crippen LogP contribution in [-0.4, -0.2) is 45.9 Å². The lowest BCUT2D eigenvalue weighted by atomic mass is 10.2. The quantitative estimate of drug-likeness (QED) is 0.531. The van der Waals surface area contributed by atoms with Crippen LogP contribution in [0.3, 0.4) is 0 Å². The lowest BCUT2D eigenvalue weighted by Crippen LogP contribution is -2.42. The van der Waals surface area contributed by atoms with Crippen molar-refractivity contribution >= 4 is 23.3 Å². The molecule has 8 heteroatoms. The number of carbonyl (C=O) groups is 2. The number of benzene rings is 1. The van der Waals surface area contributed by atoms with E-state index in [1.807, 2.05) is 6.92 Å². The molecule has 1 unspecified atom stereocenters. The van der Waals surface area contributed by atoms with Gasteiger partial charge in [-0.2, -0.15) is 0 Å². The van der Waals surface area contributed by atoms with E-state index in [0.29, 0.717) is 12.1 Å². The molecule has 1 atom stereocenters. The van der Waals surface area contributed by atoms with E-state index in [9.17, 15) is 19.7 Å². The number of amides is 1. The van der Waals surface area contributed by atoms with Gasteiger partial charge in [0.1, 0.15) is 12.2 Å². The van der Waals surface area contributed by atoms with Gasteiger partial charge in [0.25, 0.3) is 5.69 Å². The second kappa shape index (κ2) is 8.72. The number of nitrogens with one attached hydrogen (secondary N) is 1. The Morgan fingerprint density at radius 1 is 1.39 bits per heavy atom. The first-order valence-electron chi connectivity index (χ1n) is 7.35. The molecule has 23 heavy (non-hydrogen) atoms. The molecule has 0 heterocycles. The highest BCUT2D eigenvalue weighted by atomic mass is 16.6. The van der Waals surface area contributed by atoms with Crippen LogP contribution >= 0.6 is 0 Å². The van der Waals surface area contributed by atoms with Gasteiger partial charge < -0.3 is 15.3 Å². The van der Waals surface area contributed by atoms with Crippen molar-refractivity contribution in [3.63, 3.8) is 0 Å². The molecule has 1 rings (SSSR count). The summed E-state index contributed by atoms with van der Waals surface area (Å²) in [5, 5.41) is 22.6. The lowest BCUT2D eigenvalue weighted by Gasteiger charge is -2.27. The van der Waals surface area contributed by atoms with Crippen molar-refractivity contribution in [1.29, 1.82) is 0 Å². The number of carboxylic acids is 1. The largest absolute Gasteiger partial charge is 0.480 e. The van der Waals surface area contributed by atoms with E-state index in [-0.39, 0.29) is 37.1 Å². The van der Waals surface area contributed by atoms with Crippen LogP contribution in [-0.2, 0) is 9.59 Å². The summed E-state index contributed by atoms with van der Waals surface area (Å²) in [6.07, 6.45) is 0.709. The SMILES string of the molecule is CCC(C)N(CC(=O)O)C(=O)CCNc1ccccc1[N+](=O)[O-]. The third kappa shape index (κ3) is 5.57. The maximum Gasteiger partial charge on any atom is 0.323 e. The zero-order valence-electron chi connectivity index (χ0n) is 13.2. The number of nitrogens with zero attached hydrogens (tertiary/aromatic N) is 2. The Labute approximate surface area is 134 Å². The Balaban J connectivity index is 2.64. The van der Waals surface area contributed by atoms with Gasteiger partial charge in [-0.3, -0.25) is 19.7 Å². The maximum absolute atomic E-state index is 12.2. The first-order valence-corrected chi connectivity index (χ1v) is 7.35. The smallest absolute Gasteiger partial charge is 0.323 e. The molecule has 0 aliphatic rings. The van der Waals surface area contributed by atoms with Crippen LogP contribution < -0.4 is 5.32 Å². The third-order valence-electron chi connectivity index (χ3n) is 3.50. The molecule has 0 fully saturated rings. The summed E-state index contributed by atoms with van der Waals surface area (Å²) in [5.74, 6) is -1.36. The lowest BCUT2D eigenvalue weighted by molar-refractivity contribution is -0.384. The molecule has 1 aromatic rings. The normalized spacial score (nSPS) is 11.6. The first-order chi connectivity index (χ1) is 10.9. The fourth-order valence-corrected chi connectivity index (χ4v) is 2.09. The van der Waals surface area contributed by atoms with Crippen LogP contribution in [0.5, 0.6) is 0 Å². The fourth-order valence-electron chi connectivity index (χ4n) is 2.09. The van der Waals surface area contributed by atoms with Crippen molar-refractivity contribution < 1.29 is 19.6 Å². The highest BCUT2D eigenvalue weighted by Gasteiger charge is 2.21. The highest BCUT2D eigenvalue weighted by molar-refractivity contribution is 5.82. The summed E-state index contributed by atoms with van der Waals surface area (Å²) in [4.78, 5) is 34.8. The number of aliphatic carboxylic acids is 1. The van der Waals surface area contributed by atoms with E-state index in [2.05, 4.69) is 5.32 Å². The Hall–Kier alpha value is -2.64. The van der Waals surface area contributed by atoms with Crippen molar-refractivity contribution in [2.75, 3.05) is 18.4 Å². The molecular weight excluding hydrogens is 302 g/mol. The van der Waals surface area contributed by atoms with Gasteiger partial charge >= 0.3 is 5.97 Å². The van der Waals surface area contributed by atoms with Crippen molar-refractivity contribution in [3.8, 4) is 0 Å². The zero-order chi connectivity index (χ0) is 17.4. The van der Waals surface area contributed by atoms with Crippen LogP contribution in [0.1, 0.15) is 26.7 Å². The Bertz CT molecular complexity index is 576. The topological polar surface area (TPSA) is 113 Å². The van der Waals surface area contributed by atoms with Crippen molar-refractivity contribution in [1.82, 2.24) is 4.90 Å². The summed E-state index contributed by atoms with van der Waals surface area (Å²) in [7, 11) is 0. The second-order valence-corrected chi connectivity index (χ2v) is 5.12. The molecule has 1 aromatic carbocycles. The van der Waals surface area contributed by atoms with Crippen molar-refractivity contribution in [2.24, 2.45) is 0 Å². The molecule has 8 nitrogen and oxygen atoms in total. The van der Waals surface area contributed by atoms with Crippen LogP contribution in [0.25, 0.3) is 0 Å². The minimum Gasteiger partial charge on any atom is -0.480 e. The van der Waals surface area contributed by atoms with Gasteiger partial charge in [-0.15, -0.1) is 0 Å². The maximum atomic E-state index is 12.2. The Morgan fingerprint density at radius 2 is 2.04 bits per heavy atom. The number of anilines is 1. The number of hydrogen-bond acceptors (Lipinski definition) is 5. The Kier molecular flexibility index (Phi) is 6.98. The molecule has 0 spiro atoms. The highest BCUT2D eigenvalue weighted by Crippen LogP contribution is 2.23. The van der Waals surface area contributed by atoms with E-state index in [1.165, 1.54) is 11.0 Å². The number of para-hydroxylation sites is 2. The molecule has 0 aromatic heterocycles. The molecule has 126 valence electrons. The average molecular weight is 323 g/mol. The van der Waals surface area contributed by atoms with Gasteiger partial charge in [0.15, 0.2) is 0 Å². The molecule has 0 bridgehead atoms. The molecule has 0 aliphatic heterocycles. The molecule has 0 aliphatic carbocycles. The van der Waals surface area contributed by atoms with Crippen LogP contribution in [0.4, 0.5) is 11.4 Å². The van der Waals surface area contributed by atoms with Crippen molar-refractivity contribution in [2.45, 2.75) is 32.7 Å². The number of nitro benzene ring substituents is 1. The van der Waals surface area contributed by atoms with Crippen LogP contribution in [0, 0.1) is 10.1 Å². The predicted octanol–water partition coefficient (Wildman–Crippen LogP) is 2.11. The molecule has 1 amide bonds. The standard InChI is InChI=1S/C15H21N3O5/c1-3-11(2)17(10-15(20)21)14(19)8-9-16-12-6-4-5-7-13(12)18(22)23/h4-7,11,16H,3,8-10H2,1-2H3,(H,20,21).